The molecule has 2 rings (SSSR count). The van der Waals surface area contributed by atoms with E-state index in [1.807, 2.05) is 12.4 Å². The summed E-state index contributed by atoms with van der Waals surface area (Å²) in [5.41, 5.74) is 0. The van der Waals surface area contributed by atoms with Gasteiger partial charge in [0.1, 0.15) is 5.82 Å². The molecule has 2 atom stereocenters. The van der Waals surface area contributed by atoms with Crippen LogP contribution in [0, 0.1) is 5.92 Å². The Hall–Kier alpha value is -0.870. The molecule has 19 heavy (non-hydrogen) atoms. The summed E-state index contributed by atoms with van der Waals surface area (Å²) in [7, 11) is 2.06. The maximum Gasteiger partial charge on any atom is 0.125 e. The molecule has 0 spiro atoms. The number of hydrogen-bond acceptors (Lipinski definition) is 3. The van der Waals surface area contributed by atoms with Gasteiger partial charge in [-0.15, -0.1) is 0 Å². The number of nitrogens with zero attached hydrogens (tertiary/aromatic N) is 3. The fourth-order valence-electron chi connectivity index (χ4n) is 3.04. The lowest BCUT2D eigenvalue weighted by Gasteiger charge is -2.32. The predicted octanol–water partition coefficient (Wildman–Crippen LogP) is 2.19. The zero-order valence-electron chi connectivity index (χ0n) is 12.8. The third kappa shape index (κ3) is 3.57. The minimum atomic E-state index is 0.309. The Kier molecular flexibility index (Phi) is 4.99. The second kappa shape index (κ2) is 6.53. The van der Waals surface area contributed by atoms with E-state index in [9.17, 15) is 0 Å². The van der Waals surface area contributed by atoms with Crippen LogP contribution in [0.4, 0.5) is 0 Å². The highest BCUT2D eigenvalue weighted by molar-refractivity contribution is 4.97. The van der Waals surface area contributed by atoms with Crippen LogP contribution in [0.25, 0.3) is 0 Å². The Morgan fingerprint density at radius 1 is 1.26 bits per heavy atom. The third-order valence-corrected chi connectivity index (χ3v) is 4.26. The van der Waals surface area contributed by atoms with Crippen LogP contribution in [0.5, 0.6) is 0 Å². The molecule has 108 valence electrons. The van der Waals surface area contributed by atoms with Crippen molar-refractivity contribution in [1.29, 1.82) is 0 Å². The molecule has 0 saturated carbocycles. The van der Waals surface area contributed by atoms with Gasteiger partial charge in [-0.3, -0.25) is 4.90 Å². The number of rotatable bonds is 6. The largest absolute Gasteiger partial charge is 0.337 e. The van der Waals surface area contributed by atoms with Crippen LogP contribution >= 0.6 is 0 Å². The van der Waals surface area contributed by atoms with Crippen LogP contribution in [-0.4, -0.2) is 40.1 Å². The van der Waals surface area contributed by atoms with Crippen molar-refractivity contribution < 1.29 is 0 Å². The summed E-state index contributed by atoms with van der Waals surface area (Å²) in [5, 5.41) is 3.66. The monoisotopic (exact) mass is 264 g/mol. The Balaban J connectivity index is 1.90. The average molecular weight is 264 g/mol. The Labute approximate surface area is 117 Å². The first kappa shape index (κ1) is 14.5. The molecule has 0 radical (unpaired) electrons. The Morgan fingerprint density at radius 3 is 2.47 bits per heavy atom. The molecule has 0 amide bonds. The van der Waals surface area contributed by atoms with E-state index in [2.05, 4.69) is 47.6 Å². The van der Waals surface area contributed by atoms with Gasteiger partial charge in [0, 0.05) is 32.0 Å². The maximum absolute atomic E-state index is 4.42. The summed E-state index contributed by atoms with van der Waals surface area (Å²) in [5.74, 6) is 1.81. The summed E-state index contributed by atoms with van der Waals surface area (Å²) < 4.78 is 2.10. The second-order valence-electron chi connectivity index (χ2n) is 6.08. The molecule has 4 nitrogen and oxygen atoms in total. The topological polar surface area (TPSA) is 33.1 Å². The summed E-state index contributed by atoms with van der Waals surface area (Å²) in [4.78, 5) is 7.06. The van der Waals surface area contributed by atoms with Crippen molar-refractivity contribution in [3.8, 4) is 0 Å². The average Bonchev–Trinajstić information content (AvgIpc) is 3.00. The zero-order chi connectivity index (χ0) is 13.8. The fourth-order valence-corrected chi connectivity index (χ4v) is 3.04. The molecule has 0 aromatic carbocycles. The fraction of sp³-hybridized carbons (Fsp3) is 0.800. The quantitative estimate of drug-likeness (QED) is 0.855. The zero-order valence-corrected chi connectivity index (χ0v) is 12.8. The lowest BCUT2D eigenvalue weighted by molar-refractivity contribution is 0.182. The first-order chi connectivity index (χ1) is 9.09. The molecule has 2 heterocycles. The standard InChI is InChI=1S/C15H28N4/c1-12(2)14(19-8-5-6-9-19)11-17-13(3)15-16-7-10-18(15)4/h7,10,12-14,17H,5-6,8-9,11H2,1-4H3. The van der Waals surface area contributed by atoms with Crippen molar-refractivity contribution in [1.82, 2.24) is 19.8 Å². The summed E-state index contributed by atoms with van der Waals surface area (Å²) in [6, 6.07) is 0.953. The summed E-state index contributed by atoms with van der Waals surface area (Å²) in [6.45, 7) is 10.4. The van der Waals surface area contributed by atoms with E-state index in [4.69, 9.17) is 0 Å². The van der Waals surface area contributed by atoms with E-state index in [1.165, 1.54) is 25.9 Å². The van der Waals surface area contributed by atoms with Gasteiger partial charge < -0.3 is 9.88 Å². The minimum Gasteiger partial charge on any atom is -0.337 e. The molecule has 1 N–H and O–H groups in total. The molecule has 4 heteroatoms. The van der Waals surface area contributed by atoms with Gasteiger partial charge in [0.05, 0.1) is 6.04 Å². The number of hydrogen-bond donors (Lipinski definition) is 1. The van der Waals surface area contributed by atoms with E-state index in [1.54, 1.807) is 0 Å². The first-order valence-corrected chi connectivity index (χ1v) is 7.54. The molecule has 1 aromatic heterocycles. The summed E-state index contributed by atoms with van der Waals surface area (Å²) >= 11 is 0. The van der Waals surface area contributed by atoms with Crippen LogP contribution < -0.4 is 5.32 Å². The van der Waals surface area contributed by atoms with Gasteiger partial charge in [0.15, 0.2) is 0 Å². The minimum absolute atomic E-state index is 0.309. The molecule has 2 unspecified atom stereocenters. The molecule has 1 aliphatic rings. The number of likely N-dealkylation sites (tertiary alicyclic amines) is 1. The van der Waals surface area contributed by atoms with Crippen molar-refractivity contribution in [2.45, 2.75) is 45.7 Å². The van der Waals surface area contributed by atoms with Crippen molar-refractivity contribution in [3.05, 3.63) is 18.2 Å². The lowest BCUT2D eigenvalue weighted by Crippen LogP contribution is -2.44. The van der Waals surface area contributed by atoms with Gasteiger partial charge in [-0.2, -0.15) is 0 Å². The van der Waals surface area contributed by atoms with Gasteiger partial charge in [-0.05, 0) is 38.8 Å². The van der Waals surface area contributed by atoms with Crippen LogP contribution in [0.2, 0.25) is 0 Å². The van der Waals surface area contributed by atoms with Gasteiger partial charge in [-0.1, -0.05) is 13.8 Å². The van der Waals surface area contributed by atoms with E-state index in [0.717, 1.165) is 12.4 Å². The molecular weight excluding hydrogens is 236 g/mol. The molecule has 1 saturated heterocycles. The number of aromatic nitrogens is 2. The van der Waals surface area contributed by atoms with E-state index >= 15 is 0 Å². The SMILES string of the molecule is CC(NCC(C(C)C)N1CCCC1)c1nccn1C. The van der Waals surface area contributed by atoms with E-state index in [-0.39, 0.29) is 0 Å². The normalized spacial score (nSPS) is 20.1. The van der Waals surface area contributed by atoms with E-state index in [0.29, 0.717) is 18.0 Å². The van der Waals surface area contributed by atoms with Crippen molar-refractivity contribution >= 4 is 0 Å². The van der Waals surface area contributed by atoms with Crippen LogP contribution in [0.3, 0.4) is 0 Å². The maximum atomic E-state index is 4.42. The van der Waals surface area contributed by atoms with Gasteiger partial charge in [0.25, 0.3) is 0 Å². The Morgan fingerprint density at radius 2 is 1.95 bits per heavy atom. The molecule has 0 bridgehead atoms. The molecule has 1 aliphatic heterocycles. The highest BCUT2D eigenvalue weighted by Gasteiger charge is 2.25. The third-order valence-electron chi connectivity index (χ3n) is 4.26. The molecule has 1 aromatic rings. The number of aryl methyl sites for hydroxylation is 1. The number of nitrogens with one attached hydrogen (secondary N) is 1. The van der Waals surface area contributed by atoms with Gasteiger partial charge in [0.2, 0.25) is 0 Å². The molecule has 0 aliphatic carbocycles. The van der Waals surface area contributed by atoms with Gasteiger partial charge in [-0.25, -0.2) is 4.98 Å². The summed E-state index contributed by atoms with van der Waals surface area (Å²) in [6.07, 6.45) is 6.60. The van der Waals surface area contributed by atoms with Crippen LogP contribution in [0.15, 0.2) is 12.4 Å². The predicted molar refractivity (Wildman–Crippen MR) is 79.1 cm³/mol. The van der Waals surface area contributed by atoms with Crippen LogP contribution in [0.1, 0.15) is 45.5 Å². The van der Waals surface area contributed by atoms with E-state index < -0.39 is 0 Å². The Bertz CT molecular complexity index is 379. The smallest absolute Gasteiger partial charge is 0.125 e. The van der Waals surface area contributed by atoms with Crippen LogP contribution in [-0.2, 0) is 7.05 Å². The second-order valence-corrected chi connectivity index (χ2v) is 6.08. The number of imidazole rings is 1. The highest BCUT2D eigenvalue weighted by Crippen LogP contribution is 2.18. The lowest BCUT2D eigenvalue weighted by atomic mass is 10.0. The van der Waals surface area contributed by atoms with Crippen molar-refractivity contribution in [2.75, 3.05) is 19.6 Å². The van der Waals surface area contributed by atoms with Crippen molar-refractivity contribution in [2.24, 2.45) is 13.0 Å². The van der Waals surface area contributed by atoms with Gasteiger partial charge >= 0.3 is 0 Å². The highest BCUT2D eigenvalue weighted by atomic mass is 15.2. The first-order valence-electron chi connectivity index (χ1n) is 7.54. The molecular formula is C15H28N4. The van der Waals surface area contributed by atoms with Crippen molar-refractivity contribution in [3.63, 3.8) is 0 Å². The molecule has 1 fully saturated rings.